The first-order valence-electron chi connectivity index (χ1n) is 34.5. The van der Waals surface area contributed by atoms with Crippen molar-refractivity contribution in [1.82, 2.24) is 16.0 Å². The van der Waals surface area contributed by atoms with E-state index in [0.717, 1.165) is 28.1 Å². The number of nitrogens with one attached hydrogen (secondary N) is 3. The van der Waals surface area contributed by atoms with Crippen molar-refractivity contribution in [2.24, 2.45) is 5.92 Å². The molecule has 2 heterocycles. The second kappa shape index (κ2) is 37.8. The quantitative estimate of drug-likeness (QED) is 0.0114. The molecule has 3 amide bonds. The molecule has 32 heteroatoms. The smallest absolute Gasteiger partial charge is 0.315 e. The van der Waals surface area contributed by atoms with Gasteiger partial charge in [-0.15, -0.1) is 0 Å². The summed E-state index contributed by atoms with van der Waals surface area (Å²) in [6, 6.07) is 24.3. The lowest BCUT2D eigenvalue weighted by Gasteiger charge is -2.27. The number of carbonyl (C=O) groups is 6. The van der Waals surface area contributed by atoms with Crippen LogP contribution in [0.5, 0.6) is 5.75 Å². The van der Waals surface area contributed by atoms with Crippen LogP contribution >= 0.6 is 0 Å². The van der Waals surface area contributed by atoms with Crippen LogP contribution in [0.2, 0.25) is 0 Å². The molecule has 572 valence electrons. The third-order valence-corrected chi connectivity index (χ3v) is 21.5. The Hall–Kier alpha value is -8.31. The summed E-state index contributed by atoms with van der Waals surface area (Å²) in [4.78, 5) is 78.1. The molecule has 0 spiro atoms. The maximum absolute atomic E-state index is 14.3. The van der Waals surface area contributed by atoms with Gasteiger partial charge in [0.05, 0.1) is 53.6 Å². The summed E-state index contributed by atoms with van der Waals surface area (Å²) >= 11 is 0. The predicted octanol–water partition coefficient (Wildman–Crippen LogP) is 8.45. The minimum atomic E-state index is -4.68. The highest BCUT2D eigenvalue weighted by Crippen LogP contribution is 2.49. The summed E-state index contributed by atoms with van der Waals surface area (Å²) in [5, 5.41) is 26.7. The Kier molecular flexibility index (Phi) is 30.2. The normalized spacial score (nSPS) is 16.8. The molecule has 7 rings (SSSR count). The molecule has 0 saturated heterocycles. The third kappa shape index (κ3) is 26.0. The molecule has 0 bridgehead atoms. The van der Waals surface area contributed by atoms with Crippen molar-refractivity contribution in [1.29, 1.82) is 0 Å². The Morgan fingerprint density at radius 1 is 0.619 bits per heavy atom. The Labute approximate surface area is 613 Å². The third-order valence-electron chi connectivity index (χ3n) is 18.3. The lowest BCUT2D eigenvalue weighted by Crippen LogP contribution is -2.49. The van der Waals surface area contributed by atoms with Gasteiger partial charge in [0.25, 0.3) is 40.5 Å². The van der Waals surface area contributed by atoms with Crippen molar-refractivity contribution in [3.8, 4) is 5.75 Å². The van der Waals surface area contributed by atoms with Crippen molar-refractivity contribution in [3.63, 3.8) is 0 Å². The molecular formula is C73H94N5O23S4+. The average molecular weight is 1540 g/mol. The van der Waals surface area contributed by atoms with E-state index in [4.69, 9.17) is 19.3 Å². The van der Waals surface area contributed by atoms with Gasteiger partial charge in [0.1, 0.15) is 29.8 Å². The maximum atomic E-state index is 14.3. The molecule has 0 saturated carbocycles. The van der Waals surface area contributed by atoms with Gasteiger partial charge in [-0.1, -0.05) is 80.6 Å². The minimum absolute atomic E-state index is 0.0151. The fraction of sp³-hybridized carbons (Fsp3) is 0.466. The zero-order valence-electron chi connectivity index (χ0n) is 59.1. The molecule has 3 aliphatic rings. The van der Waals surface area contributed by atoms with E-state index in [-0.39, 0.29) is 108 Å². The summed E-state index contributed by atoms with van der Waals surface area (Å²) in [6.07, 6.45) is 9.79. The van der Waals surface area contributed by atoms with Crippen LogP contribution in [0.3, 0.4) is 0 Å². The molecule has 3 atom stereocenters. The zero-order valence-corrected chi connectivity index (χ0v) is 62.4. The van der Waals surface area contributed by atoms with Crippen LogP contribution in [0.15, 0.2) is 149 Å². The van der Waals surface area contributed by atoms with Crippen LogP contribution in [0.1, 0.15) is 133 Å². The van der Waals surface area contributed by atoms with E-state index in [1.807, 2.05) is 67.3 Å². The minimum Gasteiger partial charge on any atom is -0.481 e. The first kappa shape index (κ1) is 84.0. The topological polar surface area (TPSA) is 430 Å². The monoisotopic (exact) mass is 1540 g/mol. The van der Waals surface area contributed by atoms with Gasteiger partial charge in [-0.05, 0) is 148 Å². The molecule has 2 aliphatic heterocycles. The lowest BCUT2D eigenvalue weighted by atomic mass is 9.81. The molecule has 4 aromatic rings. The lowest BCUT2D eigenvalue weighted by molar-refractivity contribution is -0.438. The number of rotatable bonds is 43. The number of carboxylic acid groups (broad SMARTS) is 2. The Morgan fingerprint density at radius 2 is 1.28 bits per heavy atom. The number of amides is 3. The van der Waals surface area contributed by atoms with Crippen LogP contribution < -0.4 is 25.6 Å². The second-order valence-corrected chi connectivity index (χ2v) is 33.2. The number of hydrogen-bond donors (Lipinski definition) is 9. The Balaban J connectivity index is 1.07. The van der Waals surface area contributed by atoms with Gasteiger partial charge in [0.15, 0.2) is 17.3 Å². The van der Waals surface area contributed by atoms with Gasteiger partial charge in [-0.2, -0.15) is 38.2 Å². The molecule has 1 aliphatic carbocycles. The molecule has 0 unspecified atom stereocenters. The number of benzene rings is 4. The van der Waals surface area contributed by atoms with Gasteiger partial charge in [0.2, 0.25) is 11.6 Å². The molecule has 9 N–H and O–H groups in total. The molecule has 0 aromatic heterocycles. The molecule has 28 nitrogen and oxygen atoms in total. The maximum Gasteiger partial charge on any atom is 0.315 e. The standard InChI is InChI=1S/C73H93N5O23S4/c1-72(2)57-21-8-9-22-61(57)77(37-10-12-43-102(87,88)89)65(72)33-27-52-19-14-20-53(28-34-66-73(3,4)58-48-56(105(96,97)98)31-32-62(58)78(66)38-11-13-44-103(90,91)92)69(52)101-55-29-25-51(26-30-55)45-54(70(84)85)47-64(80)59(46-50-17-6-5-7-18-50)75-67(81)35-40-100-42-41-99-39-16-23-63(79)60(49-104(93,94)95)76-71(86)74-36-15-24-68(82)83/h5-9,17-18,21-22,25-34,48,54,59-60H,10-16,19-20,23-24,35-47,49H2,1-4H3,(H8-,74,75,76,81,82,83,84,85,86,87,88,89,90,91,92,93,94,95,96,97,98)/p+1/t54-,59+,60+/m1/s1. The predicted molar refractivity (Wildman–Crippen MR) is 391 cm³/mol. The number of carboxylic acids is 2. The number of hydrogen-bond acceptors (Lipinski definition) is 18. The van der Waals surface area contributed by atoms with E-state index in [0.29, 0.717) is 78.2 Å². The molecular weight excluding hydrogens is 1440 g/mol. The highest BCUT2D eigenvalue weighted by Gasteiger charge is 2.45. The van der Waals surface area contributed by atoms with Crippen molar-refractivity contribution in [2.75, 3.05) is 68.2 Å². The number of carbonyl (C=O) groups excluding carboxylic acids is 4. The zero-order chi connectivity index (χ0) is 76.9. The summed E-state index contributed by atoms with van der Waals surface area (Å²) in [5.41, 5.74) is 6.28. The first-order valence-corrected chi connectivity index (χ1v) is 40.8. The van der Waals surface area contributed by atoms with E-state index in [1.54, 1.807) is 60.7 Å². The summed E-state index contributed by atoms with van der Waals surface area (Å²) in [6.45, 7) is 8.63. The highest BCUT2D eigenvalue weighted by molar-refractivity contribution is 7.86. The van der Waals surface area contributed by atoms with Crippen LogP contribution in [0.25, 0.3) is 0 Å². The molecule has 0 fully saturated rings. The van der Waals surface area contributed by atoms with Gasteiger partial charge in [-0.3, -0.25) is 42.2 Å². The number of ketones is 2. The summed E-state index contributed by atoms with van der Waals surface area (Å²) < 4.78 is 154. The number of nitrogens with zero attached hydrogens (tertiary/aromatic N) is 2. The fourth-order valence-electron chi connectivity index (χ4n) is 12.9. The van der Waals surface area contributed by atoms with Crippen LogP contribution in [-0.4, -0.2) is 183 Å². The number of unbranched alkanes of at least 4 members (excludes halogenated alkanes) is 2. The Morgan fingerprint density at radius 3 is 1.93 bits per heavy atom. The van der Waals surface area contributed by atoms with Crippen LogP contribution in [0.4, 0.5) is 16.2 Å². The second-order valence-electron chi connectivity index (χ2n) is 27.1. The number of allylic oxidation sites excluding steroid dienone is 7. The summed E-state index contributed by atoms with van der Waals surface area (Å²) in [7, 11) is -17.7. The first-order chi connectivity index (χ1) is 49.4. The van der Waals surface area contributed by atoms with Crippen LogP contribution in [0, 0.1) is 5.92 Å². The fourth-order valence-corrected chi connectivity index (χ4v) is 15.3. The van der Waals surface area contributed by atoms with Gasteiger partial charge < -0.3 is 45.3 Å². The van der Waals surface area contributed by atoms with Crippen molar-refractivity contribution in [3.05, 3.63) is 166 Å². The SMILES string of the molecule is CC1(C)C(/C=C/C2=C(Oc3ccc(C[C@H](CC(=O)[C@H](Cc4ccccc4)NC(=O)CCOCCOCCCC(=O)[C@H](CS(=O)(=O)O)NC(=O)NCCCC(=O)O)C(=O)O)cc3)C(=C/C=C3/N(CCCCS(=O)(=O)O)c4ccc(S(=O)(=O)O)cc4C3(C)C)/CCC2)=[N+](CCCCS(=O)(=O)O)c2ccccc21. The molecule has 0 radical (unpaired) electrons. The number of urea groups is 1. The number of fused-ring (bicyclic) bond motifs is 2. The Bertz CT molecular complexity index is 4440. The highest BCUT2D eigenvalue weighted by atomic mass is 32.2. The summed E-state index contributed by atoms with van der Waals surface area (Å²) in [5.74, 6) is -6.41. The van der Waals surface area contributed by atoms with Crippen molar-refractivity contribution in [2.45, 2.75) is 152 Å². The van der Waals surface area contributed by atoms with Gasteiger partial charge >= 0.3 is 18.0 Å². The van der Waals surface area contributed by atoms with E-state index < -0.39 is 123 Å². The van der Waals surface area contributed by atoms with Crippen molar-refractivity contribution >= 4 is 93.0 Å². The average Bonchev–Trinajstić information content (AvgIpc) is 1.59. The molecule has 4 aromatic carbocycles. The number of Topliss-reactive ketones (excluding diaryl/α,β-unsaturated/α-hetero) is 2. The van der Waals surface area contributed by atoms with Gasteiger partial charge in [-0.25, -0.2) is 4.79 Å². The van der Waals surface area contributed by atoms with E-state index in [1.165, 1.54) is 12.1 Å². The number of anilines is 1. The van der Waals surface area contributed by atoms with E-state index in [2.05, 4.69) is 34.4 Å². The van der Waals surface area contributed by atoms with E-state index in [9.17, 15) is 85.8 Å². The van der Waals surface area contributed by atoms with E-state index >= 15 is 0 Å². The number of para-hydroxylation sites is 1. The largest absolute Gasteiger partial charge is 0.481 e. The number of aliphatic carboxylic acids is 2. The molecule has 105 heavy (non-hydrogen) atoms. The number of ether oxygens (including phenoxy) is 3. The van der Waals surface area contributed by atoms with Gasteiger partial charge in [0, 0.05) is 86.3 Å². The van der Waals surface area contributed by atoms with Crippen LogP contribution in [-0.2, 0) is 97.6 Å². The van der Waals surface area contributed by atoms with Crippen molar-refractivity contribution < 1.29 is 110 Å².